The number of hydrogen-bond acceptors (Lipinski definition) is 0. The van der Waals surface area contributed by atoms with Gasteiger partial charge in [0.25, 0.3) is 0 Å². The molecule has 0 saturated heterocycles. The predicted octanol–water partition coefficient (Wildman–Crippen LogP) is 17.5. The summed E-state index contributed by atoms with van der Waals surface area (Å²) < 4.78 is 0. The molecular formula is C50H100. The number of rotatable bonds is 5. The zero-order valence-electron chi connectivity index (χ0n) is 37.9. The van der Waals surface area contributed by atoms with E-state index in [0.717, 1.165) is 76.9 Å². The molecule has 0 aromatic rings. The number of hydrogen-bond donors (Lipinski definition) is 0. The molecule has 5 aliphatic carbocycles. The van der Waals surface area contributed by atoms with E-state index in [0.29, 0.717) is 5.41 Å². The Morgan fingerprint density at radius 2 is 0.660 bits per heavy atom. The smallest absolute Gasteiger partial charge is 0.0354 e. The largest absolute Gasteiger partial charge is 0.0625 e. The third-order valence-electron chi connectivity index (χ3n) is 15.0. The molecule has 0 N–H and O–H groups in total. The zero-order chi connectivity index (χ0) is 37.9. The fourth-order valence-electron chi connectivity index (χ4n) is 10.5. The summed E-state index contributed by atoms with van der Waals surface area (Å²) in [6, 6.07) is 0. The van der Waals surface area contributed by atoms with Crippen molar-refractivity contribution in [2.75, 3.05) is 0 Å². The van der Waals surface area contributed by atoms with Gasteiger partial charge in [-0.2, -0.15) is 0 Å². The Kier molecular flexibility index (Phi) is 24.9. The highest BCUT2D eigenvalue weighted by Gasteiger charge is 2.28. The Labute approximate surface area is 320 Å². The molecule has 50 heavy (non-hydrogen) atoms. The highest BCUT2D eigenvalue weighted by molar-refractivity contribution is 4.80. The molecule has 0 nitrogen and oxygen atoms in total. The van der Waals surface area contributed by atoms with E-state index in [4.69, 9.17) is 0 Å². The molecule has 5 saturated carbocycles. The summed E-state index contributed by atoms with van der Waals surface area (Å²) in [5.74, 6) is 12.7. The van der Waals surface area contributed by atoms with Crippen molar-refractivity contribution in [3.05, 3.63) is 0 Å². The molecule has 0 aliphatic heterocycles. The predicted molar refractivity (Wildman–Crippen MR) is 230 cm³/mol. The first kappa shape index (κ1) is 48.0. The lowest BCUT2D eigenvalue weighted by Crippen LogP contribution is -2.23. The molecule has 5 aliphatic rings. The average molecular weight is 701 g/mol. The summed E-state index contributed by atoms with van der Waals surface area (Å²) in [6.07, 6.45) is 31.0. The molecule has 0 heteroatoms. The van der Waals surface area contributed by atoms with Gasteiger partial charge in [-0.15, -0.1) is 0 Å². The first-order valence-electron chi connectivity index (χ1n) is 23.4. The van der Waals surface area contributed by atoms with Crippen molar-refractivity contribution in [2.45, 2.75) is 239 Å². The Balaban J connectivity index is 0.000000313. The van der Waals surface area contributed by atoms with E-state index in [9.17, 15) is 0 Å². The van der Waals surface area contributed by atoms with E-state index in [2.05, 4.69) is 104 Å². The normalized spacial score (nSPS) is 30.7. The summed E-state index contributed by atoms with van der Waals surface area (Å²) in [4.78, 5) is 0. The van der Waals surface area contributed by atoms with Crippen molar-refractivity contribution >= 4 is 0 Å². The maximum Gasteiger partial charge on any atom is -0.0354 e. The van der Waals surface area contributed by atoms with Gasteiger partial charge < -0.3 is 0 Å². The van der Waals surface area contributed by atoms with Crippen LogP contribution < -0.4 is 0 Å². The van der Waals surface area contributed by atoms with Crippen LogP contribution in [-0.2, 0) is 0 Å². The van der Waals surface area contributed by atoms with Crippen LogP contribution in [0.15, 0.2) is 0 Å². The Hall–Kier alpha value is 0. The molecule has 0 spiro atoms. The van der Waals surface area contributed by atoms with E-state index in [1.165, 1.54) is 135 Å². The first-order valence-corrected chi connectivity index (χ1v) is 23.4. The second-order valence-corrected chi connectivity index (χ2v) is 21.5. The molecule has 0 aromatic heterocycles. The van der Waals surface area contributed by atoms with Crippen molar-refractivity contribution in [3.63, 3.8) is 0 Å². The van der Waals surface area contributed by atoms with Gasteiger partial charge in [0, 0.05) is 0 Å². The first-order chi connectivity index (χ1) is 23.4. The molecule has 0 heterocycles. The van der Waals surface area contributed by atoms with Crippen molar-refractivity contribution in [1.82, 2.24) is 0 Å². The second-order valence-electron chi connectivity index (χ2n) is 21.5. The lowest BCUT2D eigenvalue weighted by atomic mass is 9.70. The summed E-state index contributed by atoms with van der Waals surface area (Å²) >= 11 is 0. The monoisotopic (exact) mass is 701 g/mol. The molecule has 0 bridgehead atoms. The van der Waals surface area contributed by atoms with Crippen LogP contribution in [0.4, 0.5) is 0 Å². The quantitative estimate of drug-likeness (QED) is 0.268. The third kappa shape index (κ3) is 20.5. The SMILES string of the molecule is CC(C)C1CCC(C)(C)CC1.CC(C)C1CCCCC1.CC(C)[C@@H]1CCCC[C@@H]1C.CC(C)[C@@H]1CCCC[C@H]1C.CC1CCC(C(C)C)CC1. The molecule has 5 fully saturated rings. The topological polar surface area (TPSA) is 0 Å². The van der Waals surface area contributed by atoms with Gasteiger partial charge >= 0.3 is 0 Å². The minimum Gasteiger partial charge on any atom is -0.0625 e. The van der Waals surface area contributed by atoms with Crippen LogP contribution in [0.2, 0.25) is 0 Å². The highest BCUT2D eigenvalue weighted by atomic mass is 14.3. The van der Waals surface area contributed by atoms with Crippen LogP contribution >= 0.6 is 0 Å². The van der Waals surface area contributed by atoms with Gasteiger partial charge in [-0.25, -0.2) is 0 Å². The minimum absolute atomic E-state index is 0.644. The van der Waals surface area contributed by atoms with E-state index in [-0.39, 0.29) is 0 Å². The van der Waals surface area contributed by atoms with Crippen LogP contribution in [0.5, 0.6) is 0 Å². The lowest BCUT2D eigenvalue weighted by Gasteiger charge is -2.36. The summed E-state index contributed by atoms with van der Waals surface area (Å²) in [6.45, 7) is 35.7. The molecule has 5 rings (SSSR count). The van der Waals surface area contributed by atoms with Crippen LogP contribution in [0.3, 0.4) is 0 Å². The van der Waals surface area contributed by atoms with Crippen molar-refractivity contribution < 1.29 is 0 Å². The molecule has 0 unspecified atom stereocenters. The third-order valence-corrected chi connectivity index (χ3v) is 15.0. The lowest BCUT2D eigenvalue weighted by molar-refractivity contribution is 0.161. The van der Waals surface area contributed by atoms with Crippen LogP contribution in [0.25, 0.3) is 0 Å². The van der Waals surface area contributed by atoms with Crippen LogP contribution in [0, 0.1) is 82.3 Å². The average Bonchev–Trinajstić information content (AvgIpc) is 3.06. The van der Waals surface area contributed by atoms with Crippen LogP contribution in [0.1, 0.15) is 239 Å². The van der Waals surface area contributed by atoms with Gasteiger partial charge in [-0.05, 0) is 134 Å². The maximum absolute atomic E-state index is 2.42. The Bertz CT molecular complexity index is 734. The van der Waals surface area contributed by atoms with E-state index >= 15 is 0 Å². The van der Waals surface area contributed by atoms with Gasteiger partial charge in [-0.3, -0.25) is 0 Å². The maximum atomic E-state index is 2.42. The fourth-order valence-corrected chi connectivity index (χ4v) is 10.5. The molecule has 300 valence electrons. The molecule has 4 atom stereocenters. The minimum atomic E-state index is 0.644. The molecule has 0 radical (unpaired) electrons. The van der Waals surface area contributed by atoms with Crippen molar-refractivity contribution in [3.8, 4) is 0 Å². The van der Waals surface area contributed by atoms with Crippen molar-refractivity contribution in [1.29, 1.82) is 0 Å². The van der Waals surface area contributed by atoms with Gasteiger partial charge in [0.1, 0.15) is 0 Å². The van der Waals surface area contributed by atoms with E-state index in [1.54, 1.807) is 0 Å². The second kappa shape index (κ2) is 25.9. The zero-order valence-corrected chi connectivity index (χ0v) is 37.9. The summed E-state index contributed by atoms with van der Waals surface area (Å²) in [5, 5.41) is 0. The highest BCUT2D eigenvalue weighted by Crippen LogP contribution is 2.40. The molecule has 0 aromatic carbocycles. The van der Waals surface area contributed by atoms with Gasteiger partial charge in [0.05, 0.1) is 0 Å². The van der Waals surface area contributed by atoms with Gasteiger partial charge in [0.15, 0.2) is 0 Å². The molecule has 0 amide bonds. The Morgan fingerprint density at radius 1 is 0.340 bits per heavy atom. The van der Waals surface area contributed by atoms with Crippen molar-refractivity contribution in [2.24, 2.45) is 82.3 Å². The fraction of sp³-hybridized carbons (Fsp3) is 1.00. The van der Waals surface area contributed by atoms with Gasteiger partial charge in [-0.1, -0.05) is 187 Å². The van der Waals surface area contributed by atoms with Crippen LogP contribution in [-0.4, -0.2) is 0 Å². The summed E-state index contributed by atoms with van der Waals surface area (Å²) in [5.41, 5.74) is 0.644. The van der Waals surface area contributed by atoms with E-state index in [1.807, 2.05) is 0 Å². The Morgan fingerprint density at radius 3 is 0.960 bits per heavy atom. The van der Waals surface area contributed by atoms with Gasteiger partial charge in [0.2, 0.25) is 0 Å². The standard InChI is InChI=1S/C11H22.3C10H20.C9H18/c1-9(2)10-5-7-11(3,4)8-6-10;1-8(2)10-6-4-9(3)5-7-10;2*1-8(2)10-7-5-4-6-9(10)3;1-8(2)9-6-4-3-5-7-9/h9-10H,5-8H2,1-4H3;3*8-10H,4-7H2,1-3H3;8-9H,3-7H2,1-2H3/t;;9-,10+;9-,10-;/m..10./s1. The molecular weight excluding hydrogens is 601 g/mol. The summed E-state index contributed by atoms with van der Waals surface area (Å²) in [7, 11) is 0. The van der Waals surface area contributed by atoms with E-state index < -0.39 is 0 Å².